The van der Waals surface area contributed by atoms with Crippen molar-refractivity contribution in [2.24, 2.45) is 0 Å². The predicted octanol–water partition coefficient (Wildman–Crippen LogP) is 8.33. The lowest BCUT2D eigenvalue weighted by Crippen LogP contribution is -2.05. The van der Waals surface area contributed by atoms with E-state index in [0.29, 0.717) is 11.3 Å². The van der Waals surface area contributed by atoms with E-state index < -0.39 is 0 Å². The maximum absolute atomic E-state index is 5.12. The lowest BCUT2D eigenvalue weighted by molar-refractivity contribution is 1.05. The van der Waals surface area contributed by atoms with Gasteiger partial charge in [0.25, 0.3) is 0 Å². The molecule has 0 aliphatic rings. The van der Waals surface area contributed by atoms with E-state index in [9.17, 15) is 0 Å². The number of para-hydroxylation sites is 3. The molecular weight excluding hydrogens is 516 g/mol. The predicted molar refractivity (Wildman–Crippen MR) is 170 cm³/mol. The van der Waals surface area contributed by atoms with Gasteiger partial charge in [0.2, 0.25) is 0 Å². The van der Waals surface area contributed by atoms with E-state index in [4.69, 9.17) is 9.97 Å². The fourth-order valence-corrected chi connectivity index (χ4v) is 6.94. The van der Waals surface area contributed by atoms with E-state index in [1.165, 1.54) is 48.9 Å². The molecule has 0 atom stereocenters. The summed E-state index contributed by atoms with van der Waals surface area (Å²) in [6.45, 7) is 0. The van der Waals surface area contributed by atoms with Crippen molar-refractivity contribution in [3.8, 4) is 17.1 Å². The summed E-state index contributed by atoms with van der Waals surface area (Å²) in [5.74, 6) is 0.738. The van der Waals surface area contributed by atoms with Gasteiger partial charge in [-0.15, -0.1) is 0 Å². The second-order valence-electron chi connectivity index (χ2n) is 10.7. The van der Waals surface area contributed by atoms with Crippen LogP contribution >= 0.6 is 0 Å². The summed E-state index contributed by atoms with van der Waals surface area (Å²) < 4.78 is 4.68. The smallest absolute Gasteiger partial charge is 0.199 e. The first kappa shape index (κ1) is 21.9. The number of rotatable bonds is 2. The van der Waals surface area contributed by atoms with Gasteiger partial charge in [-0.1, -0.05) is 84.9 Å². The molecule has 10 aromatic rings. The zero-order chi connectivity index (χ0) is 27.4. The molecule has 0 unspecified atom stereocenters. The Kier molecular flexibility index (Phi) is 4.10. The molecule has 0 spiro atoms. The molecule has 5 heterocycles. The lowest BCUT2D eigenvalue weighted by atomic mass is 10.0. The average Bonchev–Trinajstić information content (AvgIpc) is 3.69. The molecule has 6 heteroatoms. The highest BCUT2D eigenvalue weighted by Crippen LogP contribution is 2.45. The zero-order valence-corrected chi connectivity index (χ0v) is 22.2. The summed E-state index contributed by atoms with van der Waals surface area (Å²) in [7, 11) is 0. The molecule has 10 rings (SSSR count). The first-order valence-corrected chi connectivity index (χ1v) is 14.0. The third kappa shape index (κ3) is 2.68. The van der Waals surface area contributed by atoms with Crippen molar-refractivity contribution in [2.45, 2.75) is 0 Å². The molecule has 0 N–H and O–H groups in total. The Hall–Kier alpha value is -5.88. The van der Waals surface area contributed by atoms with Gasteiger partial charge in [0.05, 0.1) is 27.6 Å². The molecule has 6 nitrogen and oxygen atoms in total. The Morgan fingerprint density at radius 3 is 1.95 bits per heavy atom. The molecule has 0 amide bonds. The Balaban J connectivity index is 1.42. The summed E-state index contributed by atoms with van der Waals surface area (Å²) >= 11 is 0. The molecule has 194 valence electrons. The van der Waals surface area contributed by atoms with Crippen LogP contribution in [0.1, 0.15) is 0 Å². The van der Waals surface area contributed by atoms with Gasteiger partial charge < -0.3 is 4.40 Å². The van der Waals surface area contributed by atoms with E-state index in [-0.39, 0.29) is 0 Å². The zero-order valence-electron chi connectivity index (χ0n) is 22.2. The van der Waals surface area contributed by atoms with Crippen molar-refractivity contribution in [3.05, 3.63) is 122 Å². The third-order valence-electron chi connectivity index (χ3n) is 8.58. The van der Waals surface area contributed by atoms with Gasteiger partial charge >= 0.3 is 0 Å². The highest BCUT2D eigenvalue weighted by molar-refractivity contribution is 6.32. The van der Waals surface area contributed by atoms with Crippen LogP contribution < -0.4 is 0 Å². The van der Waals surface area contributed by atoms with Crippen LogP contribution in [0.25, 0.3) is 88.3 Å². The number of hydrogen-bond acceptors (Lipinski definition) is 4. The minimum atomic E-state index is 0.520. The fourth-order valence-electron chi connectivity index (χ4n) is 6.94. The Morgan fingerprint density at radius 2 is 1.10 bits per heavy atom. The minimum absolute atomic E-state index is 0.520. The van der Waals surface area contributed by atoms with Crippen LogP contribution in [0.5, 0.6) is 0 Å². The average molecular weight is 537 g/mol. The standard InChI is InChI=1S/C36H20N6/c1-2-9-21(10-3-1)32-36(40-35-34(39-32)37-19-20-38-35)42-27-16-7-5-12-24(27)30-29(42)18-17-28-31(30)25-14-8-13-23-22-11-4-6-15-26(22)41(28)33(23)25/h1-20H. The van der Waals surface area contributed by atoms with Crippen molar-refractivity contribution < 1.29 is 0 Å². The second kappa shape index (κ2) is 7.86. The van der Waals surface area contributed by atoms with Crippen LogP contribution in [0.4, 0.5) is 0 Å². The van der Waals surface area contributed by atoms with E-state index in [1.54, 1.807) is 12.4 Å². The van der Waals surface area contributed by atoms with E-state index in [1.807, 2.05) is 18.2 Å². The van der Waals surface area contributed by atoms with Gasteiger partial charge in [0.15, 0.2) is 17.1 Å². The summed E-state index contributed by atoms with van der Waals surface area (Å²) in [6, 6.07) is 38.7. The summed E-state index contributed by atoms with van der Waals surface area (Å²) in [5, 5.41) is 7.46. The Bertz CT molecular complexity index is 2680. The highest BCUT2D eigenvalue weighted by Gasteiger charge is 2.24. The van der Waals surface area contributed by atoms with Crippen molar-refractivity contribution in [3.63, 3.8) is 0 Å². The fraction of sp³-hybridized carbons (Fsp3) is 0. The number of nitrogens with zero attached hydrogens (tertiary/aromatic N) is 6. The number of benzene rings is 5. The lowest BCUT2D eigenvalue weighted by Gasteiger charge is -2.13. The molecular formula is C36H20N6. The summed E-state index contributed by atoms with van der Waals surface area (Å²) in [6.07, 6.45) is 3.33. The van der Waals surface area contributed by atoms with Gasteiger partial charge in [-0.25, -0.2) is 19.9 Å². The van der Waals surface area contributed by atoms with Crippen LogP contribution in [-0.4, -0.2) is 28.9 Å². The second-order valence-corrected chi connectivity index (χ2v) is 10.7. The van der Waals surface area contributed by atoms with Gasteiger partial charge in [0, 0.05) is 50.3 Å². The molecule has 0 aliphatic carbocycles. The number of hydrogen-bond donors (Lipinski definition) is 0. The molecule has 42 heavy (non-hydrogen) atoms. The van der Waals surface area contributed by atoms with E-state index >= 15 is 0 Å². The molecule has 0 radical (unpaired) electrons. The van der Waals surface area contributed by atoms with Crippen LogP contribution in [0.15, 0.2) is 122 Å². The number of fused-ring (bicyclic) bond motifs is 11. The first-order chi connectivity index (χ1) is 20.9. The van der Waals surface area contributed by atoms with Gasteiger partial charge in [0.1, 0.15) is 5.69 Å². The van der Waals surface area contributed by atoms with Crippen LogP contribution in [0, 0.1) is 0 Å². The molecule has 0 bridgehead atoms. The van der Waals surface area contributed by atoms with Crippen LogP contribution in [0.3, 0.4) is 0 Å². The van der Waals surface area contributed by atoms with Crippen LogP contribution in [-0.2, 0) is 0 Å². The molecule has 0 fully saturated rings. The Labute approximate surface area is 238 Å². The van der Waals surface area contributed by atoms with Crippen LogP contribution in [0.2, 0.25) is 0 Å². The summed E-state index contributed by atoms with van der Waals surface area (Å²) in [4.78, 5) is 19.1. The number of aromatic nitrogens is 6. The van der Waals surface area contributed by atoms with Gasteiger partial charge in [-0.05, 0) is 24.3 Å². The van der Waals surface area contributed by atoms with E-state index in [2.05, 4.69) is 110 Å². The molecule has 5 aromatic heterocycles. The third-order valence-corrected chi connectivity index (χ3v) is 8.58. The molecule has 0 saturated carbocycles. The topological polar surface area (TPSA) is 60.9 Å². The highest BCUT2D eigenvalue weighted by atomic mass is 15.1. The monoisotopic (exact) mass is 536 g/mol. The van der Waals surface area contributed by atoms with Crippen molar-refractivity contribution in [2.75, 3.05) is 0 Å². The normalized spacial score (nSPS) is 12.3. The largest absolute Gasteiger partial charge is 0.308 e. The van der Waals surface area contributed by atoms with Crippen molar-refractivity contribution in [1.82, 2.24) is 28.9 Å². The molecule has 0 saturated heterocycles. The molecule has 5 aromatic carbocycles. The van der Waals surface area contributed by atoms with Gasteiger partial charge in [-0.3, -0.25) is 4.57 Å². The van der Waals surface area contributed by atoms with Crippen molar-refractivity contribution in [1.29, 1.82) is 0 Å². The Morgan fingerprint density at radius 1 is 0.452 bits per heavy atom. The van der Waals surface area contributed by atoms with Gasteiger partial charge in [-0.2, -0.15) is 0 Å². The SMILES string of the molecule is c1ccc(-c2nc3nccnc3nc2-n2c3ccccc3c3c4c5cccc6c7ccccc7n(c4ccc32)c65)cc1. The first-order valence-electron chi connectivity index (χ1n) is 14.0. The maximum Gasteiger partial charge on any atom is 0.199 e. The molecule has 0 aliphatic heterocycles. The maximum atomic E-state index is 5.12. The minimum Gasteiger partial charge on any atom is -0.308 e. The van der Waals surface area contributed by atoms with E-state index in [0.717, 1.165) is 28.1 Å². The quantitative estimate of drug-likeness (QED) is 0.223. The summed E-state index contributed by atoms with van der Waals surface area (Å²) in [5.41, 5.74) is 8.65. The van der Waals surface area contributed by atoms with Crippen molar-refractivity contribution >= 4 is 71.2 Å².